The Kier molecular flexibility index (Phi) is 11.0. The van der Waals surface area contributed by atoms with E-state index in [4.69, 9.17) is 4.74 Å². The van der Waals surface area contributed by atoms with Crippen LogP contribution in [-0.4, -0.2) is 50.0 Å². The maximum Gasteiger partial charge on any atom is 0.244 e. The summed E-state index contributed by atoms with van der Waals surface area (Å²) in [6.45, 7) is 1.79. The number of halogens is 1. The second-order valence-corrected chi connectivity index (χ2v) is 13.5. The number of hydrogen-bond donors (Lipinski definition) is 1. The van der Waals surface area contributed by atoms with E-state index in [9.17, 15) is 18.0 Å². The van der Waals surface area contributed by atoms with Crippen molar-refractivity contribution in [2.24, 2.45) is 0 Å². The van der Waals surface area contributed by atoms with Crippen molar-refractivity contribution < 1.29 is 22.7 Å². The number of sulfonamides is 1. The van der Waals surface area contributed by atoms with Crippen molar-refractivity contribution in [3.63, 3.8) is 0 Å². The summed E-state index contributed by atoms with van der Waals surface area (Å²) < 4.78 is 33.6. The van der Waals surface area contributed by atoms with Crippen LogP contribution in [0, 0.1) is 0 Å². The molecular weight excluding hydrogens is 618 g/mol. The Morgan fingerprint density at radius 2 is 1.57 bits per heavy atom. The molecule has 0 aromatic heterocycles. The van der Waals surface area contributed by atoms with Gasteiger partial charge in [-0.3, -0.25) is 13.9 Å². The van der Waals surface area contributed by atoms with E-state index in [-0.39, 0.29) is 18.5 Å². The molecule has 1 aliphatic carbocycles. The molecule has 224 valence electrons. The van der Waals surface area contributed by atoms with Crippen molar-refractivity contribution in [2.75, 3.05) is 17.1 Å². The van der Waals surface area contributed by atoms with Crippen molar-refractivity contribution in [3.05, 3.63) is 94.5 Å². The molecule has 1 saturated carbocycles. The Morgan fingerprint density at radius 1 is 0.929 bits per heavy atom. The summed E-state index contributed by atoms with van der Waals surface area (Å²) in [5.41, 5.74) is 2.17. The Balaban J connectivity index is 1.51. The van der Waals surface area contributed by atoms with Crippen molar-refractivity contribution in [1.82, 2.24) is 10.2 Å². The number of nitrogens with zero attached hydrogens (tertiary/aromatic N) is 2. The maximum atomic E-state index is 13.8. The van der Waals surface area contributed by atoms with Gasteiger partial charge >= 0.3 is 0 Å². The quantitative estimate of drug-likeness (QED) is 0.272. The van der Waals surface area contributed by atoms with Gasteiger partial charge in [0.15, 0.2) is 0 Å². The Bertz CT molecular complexity index is 1430. The lowest BCUT2D eigenvalue weighted by Gasteiger charge is -2.33. The highest BCUT2D eigenvalue weighted by molar-refractivity contribution is 9.10. The molecule has 0 saturated heterocycles. The fraction of sp³-hybridized carbons (Fsp3) is 0.375. The van der Waals surface area contributed by atoms with E-state index < -0.39 is 28.5 Å². The molecule has 42 heavy (non-hydrogen) atoms. The number of amides is 2. The van der Waals surface area contributed by atoms with Crippen LogP contribution in [0.5, 0.6) is 5.75 Å². The highest BCUT2D eigenvalue weighted by Gasteiger charge is 2.31. The number of nitrogens with one attached hydrogen (secondary N) is 1. The summed E-state index contributed by atoms with van der Waals surface area (Å²) in [6.07, 6.45) is 6.22. The van der Waals surface area contributed by atoms with Crippen molar-refractivity contribution >= 4 is 43.5 Å². The highest BCUT2D eigenvalue weighted by Crippen LogP contribution is 2.24. The molecule has 1 atom stereocenters. The Labute approximate surface area is 257 Å². The van der Waals surface area contributed by atoms with Crippen molar-refractivity contribution in [2.45, 2.75) is 64.3 Å². The van der Waals surface area contributed by atoms with Crippen LogP contribution in [0.3, 0.4) is 0 Å². The monoisotopic (exact) mass is 655 g/mol. The fourth-order valence-electron chi connectivity index (χ4n) is 5.00. The molecule has 2 amide bonds. The van der Waals surface area contributed by atoms with Gasteiger partial charge in [-0.15, -0.1) is 0 Å². The molecule has 8 nitrogen and oxygen atoms in total. The van der Waals surface area contributed by atoms with Gasteiger partial charge < -0.3 is 15.0 Å². The van der Waals surface area contributed by atoms with Gasteiger partial charge in [0.05, 0.1) is 11.9 Å². The van der Waals surface area contributed by atoms with E-state index in [1.54, 1.807) is 31.2 Å². The second kappa shape index (κ2) is 14.7. The average molecular weight is 657 g/mol. The topological polar surface area (TPSA) is 96.0 Å². The standard InChI is InChI=1S/C32H38BrN3O5S/c1-24(32(38)34-28-11-7-4-8-12-28)35(21-25-13-15-27(33)16-14-25)31(37)22-36(42(2,39)40)29-17-19-30(20-18-29)41-23-26-9-5-3-6-10-26/h3,5-6,9-10,13-20,24,28H,4,7-8,11-12,21-23H2,1-2H3,(H,34,38). The molecule has 3 aromatic carbocycles. The molecule has 4 rings (SSSR count). The first-order valence-electron chi connectivity index (χ1n) is 14.2. The van der Waals surface area contributed by atoms with E-state index in [1.807, 2.05) is 54.6 Å². The Hall–Kier alpha value is -3.37. The SMILES string of the molecule is CC(C(=O)NC1CCCCC1)N(Cc1ccc(Br)cc1)C(=O)CN(c1ccc(OCc2ccccc2)cc1)S(C)(=O)=O. The summed E-state index contributed by atoms with van der Waals surface area (Å²) in [5.74, 6) is -0.135. The lowest BCUT2D eigenvalue weighted by molar-refractivity contribution is -0.139. The molecule has 0 aliphatic heterocycles. The van der Waals surface area contributed by atoms with Crippen LogP contribution < -0.4 is 14.4 Å². The van der Waals surface area contributed by atoms with Crippen LogP contribution in [0.2, 0.25) is 0 Å². The third-order valence-electron chi connectivity index (χ3n) is 7.44. The molecule has 0 bridgehead atoms. The van der Waals surface area contributed by atoms with Gasteiger partial charge in [-0.2, -0.15) is 0 Å². The second-order valence-electron chi connectivity index (χ2n) is 10.7. The minimum absolute atomic E-state index is 0.0912. The zero-order chi connectivity index (χ0) is 30.1. The molecule has 0 radical (unpaired) electrons. The summed E-state index contributed by atoms with van der Waals surface area (Å²) in [5, 5.41) is 3.11. The first-order chi connectivity index (χ1) is 20.1. The van der Waals surface area contributed by atoms with E-state index >= 15 is 0 Å². The van der Waals surface area contributed by atoms with Crippen LogP contribution in [0.1, 0.15) is 50.2 Å². The zero-order valence-corrected chi connectivity index (χ0v) is 26.4. The van der Waals surface area contributed by atoms with Crippen LogP contribution in [0.15, 0.2) is 83.3 Å². The minimum Gasteiger partial charge on any atom is -0.489 e. The van der Waals surface area contributed by atoms with Gasteiger partial charge in [0, 0.05) is 17.1 Å². The molecule has 1 aliphatic rings. The molecule has 10 heteroatoms. The van der Waals surface area contributed by atoms with Gasteiger partial charge in [0.2, 0.25) is 21.8 Å². The summed E-state index contributed by atoms with van der Waals surface area (Å²) in [4.78, 5) is 28.6. The third-order valence-corrected chi connectivity index (χ3v) is 9.11. The molecule has 1 fully saturated rings. The van der Waals surface area contributed by atoms with Crippen LogP contribution in [0.4, 0.5) is 5.69 Å². The number of carbonyl (C=O) groups excluding carboxylic acids is 2. The lowest BCUT2D eigenvalue weighted by Crippen LogP contribution is -2.52. The highest BCUT2D eigenvalue weighted by atomic mass is 79.9. The van der Waals surface area contributed by atoms with E-state index in [0.717, 1.165) is 58.3 Å². The van der Waals surface area contributed by atoms with Crippen LogP contribution >= 0.6 is 15.9 Å². The predicted molar refractivity (Wildman–Crippen MR) is 169 cm³/mol. The fourth-order valence-corrected chi connectivity index (χ4v) is 6.12. The van der Waals surface area contributed by atoms with Crippen molar-refractivity contribution in [3.8, 4) is 5.75 Å². The van der Waals surface area contributed by atoms with Gasteiger partial charge in [-0.1, -0.05) is 77.7 Å². The molecule has 1 N–H and O–H groups in total. The first-order valence-corrected chi connectivity index (χ1v) is 16.8. The molecule has 3 aromatic rings. The predicted octanol–water partition coefficient (Wildman–Crippen LogP) is 5.66. The van der Waals surface area contributed by atoms with E-state index in [1.165, 1.54) is 4.90 Å². The summed E-state index contributed by atoms with van der Waals surface area (Å²) in [6, 6.07) is 23.1. The maximum absolute atomic E-state index is 13.8. The lowest BCUT2D eigenvalue weighted by atomic mass is 9.95. The zero-order valence-electron chi connectivity index (χ0n) is 24.0. The van der Waals surface area contributed by atoms with Crippen LogP contribution in [0.25, 0.3) is 0 Å². The summed E-state index contributed by atoms with van der Waals surface area (Å²) >= 11 is 3.43. The number of rotatable bonds is 12. The van der Waals surface area contributed by atoms with Gasteiger partial charge in [-0.25, -0.2) is 8.42 Å². The summed E-state index contributed by atoms with van der Waals surface area (Å²) in [7, 11) is -3.82. The molecule has 0 spiro atoms. The largest absolute Gasteiger partial charge is 0.489 e. The third kappa shape index (κ3) is 9.06. The number of hydrogen-bond acceptors (Lipinski definition) is 5. The number of anilines is 1. The first kappa shape index (κ1) is 31.6. The number of carbonyl (C=O) groups is 2. The van der Waals surface area contributed by atoms with Gasteiger partial charge in [0.25, 0.3) is 0 Å². The van der Waals surface area contributed by atoms with E-state index in [0.29, 0.717) is 18.0 Å². The van der Waals surface area contributed by atoms with Gasteiger partial charge in [-0.05, 0) is 67.3 Å². The number of benzene rings is 3. The molecular formula is C32H38BrN3O5S. The molecule has 1 unspecified atom stereocenters. The van der Waals surface area contributed by atoms with Crippen molar-refractivity contribution in [1.29, 1.82) is 0 Å². The Morgan fingerprint density at radius 3 is 2.19 bits per heavy atom. The number of ether oxygens (including phenoxy) is 1. The average Bonchev–Trinajstić information content (AvgIpc) is 2.99. The normalized spacial score (nSPS) is 14.5. The smallest absolute Gasteiger partial charge is 0.244 e. The van der Waals surface area contributed by atoms with Crippen LogP contribution in [-0.2, 0) is 32.8 Å². The minimum atomic E-state index is -3.82. The van der Waals surface area contributed by atoms with E-state index in [2.05, 4.69) is 21.2 Å². The molecule has 0 heterocycles. The van der Waals surface area contributed by atoms with Gasteiger partial charge in [0.1, 0.15) is 24.9 Å².